The minimum absolute atomic E-state index is 0.141. The maximum Gasteiger partial charge on any atom is 0.179 e. The lowest BCUT2D eigenvalue weighted by Crippen LogP contribution is -2.36. The summed E-state index contributed by atoms with van der Waals surface area (Å²) in [6.07, 6.45) is 2.31. The van der Waals surface area contributed by atoms with Crippen molar-refractivity contribution in [3.8, 4) is 6.07 Å². The van der Waals surface area contributed by atoms with Crippen LogP contribution >= 0.6 is 0 Å². The summed E-state index contributed by atoms with van der Waals surface area (Å²) in [5.41, 5.74) is 0.480. The van der Waals surface area contributed by atoms with Gasteiger partial charge in [-0.3, -0.25) is 4.90 Å². The van der Waals surface area contributed by atoms with Gasteiger partial charge in [0.1, 0.15) is 0 Å². The van der Waals surface area contributed by atoms with E-state index in [1.165, 1.54) is 12.1 Å². The third-order valence-electron chi connectivity index (χ3n) is 4.17. The highest BCUT2D eigenvalue weighted by molar-refractivity contribution is 7.91. The van der Waals surface area contributed by atoms with E-state index in [1.807, 2.05) is 6.07 Å². The molecule has 114 valence electrons. The first-order valence-electron chi connectivity index (χ1n) is 7.41. The lowest BCUT2D eigenvalue weighted by Gasteiger charge is -2.27. The minimum atomic E-state index is -3.27. The molecule has 1 aliphatic rings. The predicted molar refractivity (Wildman–Crippen MR) is 82.6 cm³/mol. The zero-order chi connectivity index (χ0) is 15.5. The van der Waals surface area contributed by atoms with Crippen LogP contribution in [-0.2, 0) is 9.84 Å². The van der Waals surface area contributed by atoms with E-state index >= 15 is 0 Å². The molecule has 1 aromatic rings. The standard InChI is InChI=1S/C16H22N2O2S/c1-13(2)16-4-3-9-18(16)10-11-21(19,20)15-7-5-14(12-17)6-8-15/h5-8,13,16H,3-4,9-11H2,1-2H3. The molecule has 0 radical (unpaired) electrons. The van der Waals surface area contributed by atoms with Crippen LogP contribution in [0.3, 0.4) is 0 Å². The largest absolute Gasteiger partial charge is 0.299 e. The second kappa shape index (κ2) is 6.59. The molecule has 1 heterocycles. The molecule has 0 aromatic heterocycles. The van der Waals surface area contributed by atoms with Gasteiger partial charge in [0, 0.05) is 12.6 Å². The van der Waals surface area contributed by atoms with Crippen molar-refractivity contribution in [3.05, 3.63) is 29.8 Å². The lowest BCUT2D eigenvalue weighted by molar-refractivity contribution is 0.217. The maximum atomic E-state index is 12.4. The molecule has 0 saturated carbocycles. The van der Waals surface area contributed by atoms with Gasteiger partial charge in [0.15, 0.2) is 9.84 Å². The first-order chi connectivity index (χ1) is 9.94. The summed E-state index contributed by atoms with van der Waals surface area (Å²) in [5.74, 6) is 0.701. The van der Waals surface area contributed by atoms with E-state index in [2.05, 4.69) is 18.7 Å². The van der Waals surface area contributed by atoms with Crippen molar-refractivity contribution in [1.82, 2.24) is 4.90 Å². The summed E-state index contributed by atoms with van der Waals surface area (Å²) in [4.78, 5) is 2.60. The first-order valence-corrected chi connectivity index (χ1v) is 9.06. The Hall–Kier alpha value is -1.38. The summed E-state index contributed by atoms with van der Waals surface area (Å²) in [7, 11) is -3.27. The van der Waals surface area contributed by atoms with Crippen molar-refractivity contribution >= 4 is 9.84 Å². The van der Waals surface area contributed by atoms with Gasteiger partial charge in [0.25, 0.3) is 0 Å². The van der Waals surface area contributed by atoms with E-state index in [9.17, 15) is 8.42 Å². The summed E-state index contributed by atoms with van der Waals surface area (Å²) < 4.78 is 24.7. The molecule has 1 aliphatic heterocycles. The van der Waals surface area contributed by atoms with Crippen molar-refractivity contribution in [1.29, 1.82) is 5.26 Å². The van der Waals surface area contributed by atoms with Gasteiger partial charge in [0.05, 0.1) is 22.3 Å². The Labute approximate surface area is 127 Å². The Bertz CT molecular complexity index is 615. The van der Waals surface area contributed by atoms with Crippen molar-refractivity contribution in [3.63, 3.8) is 0 Å². The molecular weight excluding hydrogens is 284 g/mol. The Kier molecular flexibility index (Phi) is 5.02. The number of nitriles is 1. The van der Waals surface area contributed by atoms with Gasteiger partial charge in [-0.2, -0.15) is 5.26 Å². The number of nitrogens with zero attached hydrogens (tertiary/aromatic N) is 2. The SMILES string of the molecule is CC(C)C1CCCN1CCS(=O)(=O)c1ccc(C#N)cc1. The Morgan fingerprint density at radius 3 is 2.57 bits per heavy atom. The fourth-order valence-corrected chi connectivity index (χ4v) is 4.24. The molecule has 1 saturated heterocycles. The molecule has 5 heteroatoms. The number of rotatable bonds is 5. The van der Waals surface area contributed by atoms with Crippen molar-refractivity contribution in [2.45, 2.75) is 37.6 Å². The van der Waals surface area contributed by atoms with E-state index in [1.54, 1.807) is 12.1 Å². The number of benzene rings is 1. The molecule has 0 amide bonds. The van der Waals surface area contributed by atoms with Gasteiger partial charge in [-0.1, -0.05) is 13.8 Å². The average Bonchev–Trinajstić information content (AvgIpc) is 2.94. The van der Waals surface area contributed by atoms with E-state index in [0.717, 1.165) is 19.4 Å². The number of hydrogen-bond donors (Lipinski definition) is 0. The molecule has 1 unspecified atom stereocenters. The van der Waals surface area contributed by atoms with Crippen LogP contribution < -0.4 is 0 Å². The second-order valence-electron chi connectivity index (χ2n) is 5.94. The third kappa shape index (κ3) is 3.84. The molecule has 4 nitrogen and oxygen atoms in total. The summed E-state index contributed by atoms with van der Waals surface area (Å²) in [5, 5.41) is 8.75. The molecule has 1 atom stereocenters. The molecule has 1 aromatic carbocycles. The zero-order valence-electron chi connectivity index (χ0n) is 12.6. The van der Waals surface area contributed by atoms with Crippen LogP contribution in [0.15, 0.2) is 29.2 Å². The number of likely N-dealkylation sites (tertiary alicyclic amines) is 1. The van der Waals surface area contributed by atoms with Gasteiger partial charge in [0.2, 0.25) is 0 Å². The smallest absolute Gasteiger partial charge is 0.179 e. The van der Waals surface area contributed by atoms with Gasteiger partial charge < -0.3 is 0 Å². The average molecular weight is 306 g/mol. The van der Waals surface area contributed by atoms with Crippen LogP contribution in [0.1, 0.15) is 32.3 Å². The van der Waals surface area contributed by atoms with E-state index < -0.39 is 9.84 Å². The Morgan fingerprint density at radius 1 is 1.33 bits per heavy atom. The van der Waals surface area contributed by atoms with E-state index in [4.69, 9.17) is 5.26 Å². The normalized spacial score (nSPS) is 19.8. The van der Waals surface area contributed by atoms with Crippen LogP contribution in [0, 0.1) is 17.2 Å². The molecule has 21 heavy (non-hydrogen) atoms. The molecule has 1 fully saturated rings. The van der Waals surface area contributed by atoms with Crippen molar-refractivity contribution in [2.24, 2.45) is 5.92 Å². The Morgan fingerprint density at radius 2 is 2.00 bits per heavy atom. The summed E-state index contributed by atoms with van der Waals surface area (Å²) in [6.45, 7) is 5.97. The van der Waals surface area contributed by atoms with Gasteiger partial charge in [-0.05, 0) is 49.6 Å². The summed E-state index contributed by atoms with van der Waals surface area (Å²) in [6, 6.07) is 8.66. The van der Waals surface area contributed by atoms with E-state index in [-0.39, 0.29) is 5.75 Å². The van der Waals surface area contributed by atoms with Crippen LogP contribution in [0.25, 0.3) is 0 Å². The van der Waals surface area contributed by atoms with Crippen molar-refractivity contribution < 1.29 is 8.42 Å². The number of hydrogen-bond acceptors (Lipinski definition) is 4. The fourth-order valence-electron chi connectivity index (χ4n) is 2.98. The molecular formula is C16H22N2O2S. The highest BCUT2D eigenvalue weighted by Crippen LogP contribution is 2.24. The second-order valence-corrected chi connectivity index (χ2v) is 8.05. The topological polar surface area (TPSA) is 61.2 Å². The van der Waals surface area contributed by atoms with Gasteiger partial charge in [-0.25, -0.2) is 8.42 Å². The summed E-state index contributed by atoms with van der Waals surface area (Å²) >= 11 is 0. The van der Waals surface area contributed by atoms with E-state index in [0.29, 0.717) is 29.0 Å². The van der Waals surface area contributed by atoms with Crippen LogP contribution in [-0.4, -0.2) is 38.2 Å². The maximum absolute atomic E-state index is 12.4. The quantitative estimate of drug-likeness (QED) is 0.838. The van der Waals surface area contributed by atoms with Gasteiger partial charge in [-0.15, -0.1) is 0 Å². The first kappa shape index (κ1) is 16.0. The lowest BCUT2D eigenvalue weighted by atomic mass is 10.0. The number of sulfone groups is 1. The minimum Gasteiger partial charge on any atom is -0.299 e. The molecule has 0 aliphatic carbocycles. The van der Waals surface area contributed by atoms with Crippen LogP contribution in [0.5, 0.6) is 0 Å². The molecule has 0 spiro atoms. The van der Waals surface area contributed by atoms with Crippen LogP contribution in [0.4, 0.5) is 0 Å². The fraction of sp³-hybridized carbons (Fsp3) is 0.562. The molecule has 0 N–H and O–H groups in total. The highest BCUT2D eigenvalue weighted by Gasteiger charge is 2.28. The zero-order valence-corrected chi connectivity index (χ0v) is 13.4. The highest BCUT2D eigenvalue weighted by atomic mass is 32.2. The predicted octanol–water partition coefficient (Wildman–Crippen LogP) is 2.45. The van der Waals surface area contributed by atoms with Gasteiger partial charge >= 0.3 is 0 Å². The monoisotopic (exact) mass is 306 g/mol. The van der Waals surface area contributed by atoms with Crippen LogP contribution in [0.2, 0.25) is 0 Å². The third-order valence-corrected chi connectivity index (χ3v) is 5.88. The van der Waals surface area contributed by atoms with Crippen molar-refractivity contribution in [2.75, 3.05) is 18.8 Å². The Balaban J connectivity index is 2.02. The molecule has 0 bridgehead atoms. The molecule has 2 rings (SSSR count).